The molecule has 2 aromatic carbocycles. The lowest BCUT2D eigenvalue weighted by molar-refractivity contribution is 0.727. The summed E-state index contributed by atoms with van der Waals surface area (Å²) < 4.78 is 3.27. The maximum atomic E-state index is 4.14. The molecule has 0 radical (unpaired) electrons. The highest BCUT2D eigenvalue weighted by molar-refractivity contribution is 5.75. The van der Waals surface area contributed by atoms with Gasteiger partial charge in [-0.25, -0.2) is 0 Å². The first kappa shape index (κ1) is 11.7. The van der Waals surface area contributed by atoms with E-state index in [0.29, 0.717) is 5.95 Å². The monoisotopic (exact) mass is 277 g/mol. The van der Waals surface area contributed by atoms with E-state index in [4.69, 9.17) is 0 Å². The van der Waals surface area contributed by atoms with Crippen LogP contribution in [0.5, 0.6) is 0 Å². The molecule has 0 saturated heterocycles. The smallest absolute Gasteiger partial charge is 0.177 e. The van der Waals surface area contributed by atoms with Gasteiger partial charge in [-0.2, -0.15) is 9.36 Å². The number of aromatic nitrogens is 7. The molecule has 7 nitrogen and oxygen atoms in total. The second-order valence-electron chi connectivity index (χ2n) is 4.72. The standard InChI is InChI=1S/C14H11N7/c1-10-6-8-11(9-7-10)20-14(16-17-19-20)21-13-5-3-2-4-12(13)15-18-21/h2-9H,1H3. The maximum absolute atomic E-state index is 4.14. The van der Waals surface area contributed by atoms with Crippen molar-refractivity contribution in [1.82, 2.24) is 35.2 Å². The first-order chi connectivity index (χ1) is 10.3. The number of fused-ring (bicyclic) bond motifs is 1. The molecule has 0 saturated carbocycles. The van der Waals surface area contributed by atoms with Crippen molar-refractivity contribution in [2.24, 2.45) is 0 Å². The molecule has 0 unspecified atom stereocenters. The van der Waals surface area contributed by atoms with Crippen LogP contribution in [-0.4, -0.2) is 35.2 Å². The molecular weight excluding hydrogens is 266 g/mol. The van der Waals surface area contributed by atoms with Crippen molar-refractivity contribution in [3.05, 3.63) is 54.1 Å². The fourth-order valence-corrected chi connectivity index (χ4v) is 2.18. The van der Waals surface area contributed by atoms with Gasteiger partial charge in [0.15, 0.2) is 0 Å². The number of hydrogen-bond donors (Lipinski definition) is 0. The number of para-hydroxylation sites is 1. The summed E-state index contributed by atoms with van der Waals surface area (Å²) in [7, 11) is 0. The summed E-state index contributed by atoms with van der Waals surface area (Å²) in [4.78, 5) is 0. The minimum Gasteiger partial charge on any atom is -0.177 e. The van der Waals surface area contributed by atoms with Crippen LogP contribution in [0.3, 0.4) is 0 Å². The number of tetrazole rings is 1. The summed E-state index contributed by atoms with van der Waals surface area (Å²) in [6.45, 7) is 2.04. The van der Waals surface area contributed by atoms with E-state index < -0.39 is 0 Å². The summed E-state index contributed by atoms with van der Waals surface area (Å²) in [5.41, 5.74) is 3.72. The average molecular weight is 277 g/mol. The zero-order chi connectivity index (χ0) is 14.2. The Morgan fingerprint density at radius 3 is 2.48 bits per heavy atom. The van der Waals surface area contributed by atoms with Crippen molar-refractivity contribution in [3.63, 3.8) is 0 Å². The van der Waals surface area contributed by atoms with E-state index >= 15 is 0 Å². The first-order valence-electron chi connectivity index (χ1n) is 6.49. The minimum absolute atomic E-state index is 0.507. The van der Waals surface area contributed by atoms with Gasteiger partial charge in [0.05, 0.1) is 11.2 Å². The lowest BCUT2D eigenvalue weighted by Crippen LogP contribution is -2.08. The highest BCUT2D eigenvalue weighted by atomic mass is 15.6. The molecule has 4 aromatic rings. The molecule has 2 aromatic heterocycles. The van der Waals surface area contributed by atoms with Crippen LogP contribution in [0.25, 0.3) is 22.7 Å². The SMILES string of the molecule is Cc1ccc(-n2nnnc2-n2nnc3ccccc32)cc1. The third kappa shape index (κ3) is 1.86. The van der Waals surface area contributed by atoms with Crippen LogP contribution in [0.15, 0.2) is 48.5 Å². The normalized spacial score (nSPS) is 11.1. The summed E-state index contributed by atoms with van der Waals surface area (Å²) in [6.07, 6.45) is 0. The molecule has 4 rings (SSSR count). The van der Waals surface area contributed by atoms with E-state index in [1.807, 2.05) is 55.5 Å². The van der Waals surface area contributed by atoms with E-state index in [-0.39, 0.29) is 0 Å². The van der Waals surface area contributed by atoms with Gasteiger partial charge in [-0.05, 0) is 41.6 Å². The Labute approximate surface area is 119 Å². The molecular formula is C14H11N7. The Balaban J connectivity index is 1.91. The number of nitrogens with zero attached hydrogens (tertiary/aromatic N) is 7. The van der Waals surface area contributed by atoms with Crippen molar-refractivity contribution < 1.29 is 0 Å². The van der Waals surface area contributed by atoms with Gasteiger partial charge < -0.3 is 0 Å². The number of aryl methyl sites for hydroxylation is 1. The lowest BCUT2D eigenvalue weighted by atomic mass is 10.2. The van der Waals surface area contributed by atoms with E-state index in [1.165, 1.54) is 5.56 Å². The van der Waals surface area contributed by atoms with Gasteiger partial charge in [0.1, 0.15) is 5.52 Å². The zero-order valence-electron chi connectivity index (χ0n) is 11.2. The van der Waals surface area contributed by atoms with Crippen LogP contribution in [0.1, 0.15) is 5.56 Å². The van der Waals surface area contributed by atoms with Gasteiger partial charge in [0, 0.05) is 0 Å². The van der Waals surface area contributed by atoms with E-state index in [1.54, 1.807) is 9.36 Å². The molecule has 102 valence electrons. The second kappa shape index (κ2) is 4.48. The topological polar surface area (TPSA) is 74.3 Å². The molecule has 0 aliphatic carbocycles. The maximum Gasteiger partial charge on any atom is 0.277 e. The Kier molecular flexibility index (Phi) is 2.50. The van der Waals surface area contributed by atoms with Gasteiger partial charge in [0.2, 0.25) is 0 Å². The van der Waals surface area contributed by atoms with Crippen molar-refractivity contribution >= 4 is 11.0 Å². The average Bonchev–Trinajstić information content (AvgIpc) is 3.14. The van der Waals surface area contributed by atoms with Crippen molar-refractivity contribution in [3.8, 4) is 11.6 Å². The number of benzene rings is 2. The second-order valence-corrected chi connectivity index (χ2v) is 4.72. The minimum atomic E-state index is 0.507. The van der Waals surface area contributed by atoms with Crippen LogP contribution >= 0.6 is 0 Å². The van der Waals surface area contributed by atoms with Crippen LogP contribution in [0.2, 0.25) is 0 Å². The highest BCUT2D eigenvalue weighted by Gasteiger charge is 2.14. The predicted octanol–water partition coefficient (Wildman–Crippen LogP) is 1.70. The van der Waals surface area contributed by atoms with Gasteiger partial charge in [-0.1, -0.05) is 40.1 Å². The third-order valence-corrected chi connectivity index (χ3v) is 3.27. The van der Waals surface area contributed by atoms with E-state index in [2.05, 4.69) is 25.8 Å². The fourth-order valence-electron chi connectivity index (χ4n) is 2.18. The molecule has 21 heavy (non-hydrogen) atoms. The molecule has 0 amide bonds. The van der Waals surface area contributed by atoms with Crippen molar-refractivity contribution in [1.29, 1.82) is 0 Å². The molecule has 0 fully saturated rings. The summed E-state index contributed by atoms with van der Waals surface area (Å²) in [5.74, 6) is 0.507. The largest absolute Gasteiger partial charge is 0.277 e. The molecule has 0 aliphatic heterocycles. The Hall–Kier alpha value is -3.09. The summed E-state index contributed by atoms with van der Waals surface area (Å²) in [5, 5.41) is 20.1. The van der Waals surface area contributed by atoms with E-state index in [0.717, 1.165) is 16.7 Å². The summed E-state index contributed by atoms with van der Waals surface area (Å²) >= 11 is 0. The Morgan fingerprint density at radius 1 is 0.810 bits per heavy atom. The molecule has 2 heterocycles. The number of rotatable bonds is 2. The summed E-state index contributed by atoms with van der Waals surface area (Å²) in [6, 6.07) is 15.7. The van der Waals surface area contributed by atoms with Crippen molar-refractivity contribution in [2.45, 2.75) is 6.92 Å². The van der Waals surface area contributed by atoms with Gasteiger partial charge >= 0.3 is 0 Å². The predicted molar refractivity (Wildman–Crippen MR) is 76.3 cm³/mol. The lowest BCUT2D eigenvalue weighted by Gasteiger charge is -2.04. The first-order valence-corrected chi connectivity index (χ1v) is 6.49. The highest BCUT2D eigenvalue weighted by Crippen LogP contribution is 2.16. The fraction of sp³-hybridized carbons (Fsp3) is 0.0714. The van der Waals surface area contributed by atoms with Crippen molar-refractivity contribution in [2.75, 3.05) is 0 Å². The quantitative estimate of drug-likeness (QED) is 0.557. The zero-order valence-corrected chi connectivity index (χ0v) is 11.2. The van der Waals surface area contributed by atoms with Gasteiger partial charge in [0.25, 0.3) is 5.95 Å². The van der Waals surface area contributed by atoms with Crippen LogP contribution in [0.4, 0.5) is 0 Å². The molecule has 0 N–H and O–H groups in total. The molecule has 0 bridgehead atoms. The van der Waals surface area contributed by atoms with Gasteiger partial charge in [-0.15, -0.1) is 5.10 Å². The van der Waals surface area contributed by atoms with E-state index in [9.17, 15) is 0 Å². The Morgan fingerprint density at radius 2 is 1.62 bits per heavy atom. The number of hydrogen-bond acceptors (Lipinski definition) is 5. The van der Waals surface area contributed by atoms with Crippen LogP contribution in [-0.2, 0) is 0 Å². The molecule has 7 heteroatoms. The molecule has 0 aliphatic rings. The third-order valence-electron chi connectivity index (χ3n) is 3.27. The Bertz CT molecular complexity index is 904. The molecule has 0 atom stereocenters. The van der Waals surface area contributed by atoms with Gasteiger partial charge in [-0.3, -0.25) is 0 Å². The van der Waals surface area contributed by atoms with Crippen LogP contribution < -0.4 is 0 Å². The van der Waals surface area contributed by atoms with Crippen LogP contribution in [0, 0.1) is 6.92 Å². The molecule has 0 spiro atoms.